The Hall–Kier alpha value is -4.42. The van der Waals surface area contributed by atoms with Crippen LogP contribution >= 0.6 is 0 Å². The van der Waals surface area contributed by atoms with Gasteiger partial charge in [-0.25, -0.2) is 0 Å². The van der Waals surface area contributed by atoms with Crippen LogP contribution in [0.4, 0.5) is 5.69 Å². The van der Waals surface area contributed by atoms with E-state index >= 15 is 0 Å². The first-order valence-electron chi connectivity index (χ1n) is 19.6. The van der Waals surface area contributed by atoms with Crippen LogP contribution in [-0.4, -0.2) is 61.8 Å². The van der Waals surface area contributed by atoms with Crippen molar-refractivity contribution in [2.75, 3.05) is 6.61 Å². The van der Waals surface area contributed by atoms with E-state index in [4.69, 9.17) is 28.7 Å². The van der Waals surface area contributed by atoms with E-state index in [1.165, 1.54) is 9.17 Å². The molecule has 0 unspecified atom stereocenters. The maximum atomic E-state index is 7.37. The first-order valence-corrected chi connectivity index (χ1v) is 22.0. The molecule has 6 nitrogen and oxygen atoms in total. The van der Waals surface area contributed by atoms with Gasteiger partial charge in [0.05, 0.1) is 0 Å². The summed E-state index contributed by atoms with van der Waals surface area (Å²) in [4.78, 5) is 5.57. The zero-order chi connectivity index (χ0) is 39.2. The molecule has 1 fully saturated rings. The molecule has 0 aromatic heterocycles. The van der Waals surface area contributed by atoms with Crippen molar-refractivity contribution in [2.45, 2.75) is 77.7 Å². The van der Waals surface area contributed by atoms with Crippen molar-refractivity contribution >= 4 is 34.0 Å². The standard InChI is InChI=1S/C50H51NO5Te/c1-36-27-29-43(30-28-36)57-50(51-45-37(2)17-16-18-38(45)3)49-48(55-34-42-25-14-7-15-26-42)47(54-33-41-23-12-6-13-24-41)46(53-32-40-21-10-5-11-22-40)44(56-49)35-52-31-39-19-8-4-9-20-39/h4-30,44,46-49H,31-35H2,1-3H3/t44-,46-,47+,48-,49-/m1/s1. The van der Waals surface area contributed by atoms with E-state index in [1.54, 1.807) is 0 Å². The van der Waals surface area contributed by atoms with E-state index in [-0.39, 0.29) is 0 Å². The molecule has 1 aliphatic rings. The summed E-state index contributed by atoms with van der Waals surface area (Å²) < 4.78 is 37.2. The first kappa shape index (κ1) is 40.8. The van der Waals surface area contributed by atoms with E-state index in [0.717, 1.165) is 42.8 Å². The average Bonchev–Trinajstić information content (AvgIpc) is 3.25. The summed E-state index contributed by atoms with van der Waals surface area (Å²) in [5.41, 5.74) is 8.72. The van der Waals surface area contributed by atoms with Gasteiger partial charge in [0.1, 0.15) is 0 Å². The summed E-state index contributed by atoms with van der Waals surface area (Å²) in [5, 5.41) is 0. The Kier molecular flexibility index (Phi) is 14.9. The molecular weight excluding hydrogens is 822 g/mol. The van der Waals surface area contributed by atoms with Crippen molar-refractivity contribution in [2.24, 2.45) is 4.99 Å². The molecule has 1 saturated heterocycles. The molecule has 5 atom stereocenters. The summed E-state index contributed by atoms with van der Waals surface area (Å²) in [6.07, 6.45) is -2.65. The Morgan fingerprint density at radius 1 is 0.509 bits per heavy atom. The average molecular weight is 874 g/mol. The summed E-state index contributed by atoms with van der Waals surface area (Å²) in [6.45, 7) is 8.25. The normalized spacial score (nSPS) is 19.7. The van der Waals surface area contributed by atoms with Crippen LogP contribution in [0.25, 0.3) is 0 Å². The van der Waals surface area contributed by atoms with Gasteiger partial charge in [-0.15, -0.1) is 0 Å². The first-order chi connectivity index (χ1) is 28.0. The Morgan fingerprint density at radius 3 is 1.47 bits per heavy atom. The van der Waals surface area contributed by atoms with Crippen molar-refractivity contribution in [1.29, 1.82) is 0 Å². The minimum absolute atomic E-state index is 0.295. The molecule has 0 bridgehead atoms. The van der Waals surface area contributed by atoms with E-state index in [0.29, 0.717) is 33.0 Å². The number of ether oxygens (including phenoxy) is 5. The molecule has 7 rings (SSSR count). The van der Waals surface area contributed by atoms with Gasteiger partial charge < -0.3 is 0 Å². The summed E-state index contributed by atoms with van der Waals surface area (Å²) in [5.74, 6) is 0. The minimum atomic E-state index is -1.07. The van der Waals surface area contributed by atoms with Gasteiger partial charge in [0.25, 0.3) is 0 Å². The predicted octanol–water partition coefficient (Wildman–Crippen LogP) is 9.41. The van der Waals surface area contributed by atoms with E-state index < -0.39 is 51.4 Å². The summed E-state index contributed by atoms with van der Waals surface area (Å²) >= 11 is -1.07. The second kappa shape index (κ2) is 20.8. The topological polar surface area (TPSA) is 58.5 Å². The van der Waals surface area contributed by atoms with Gasteiger partial charge >= 0.3 is 350 Å². The quantitative estimate of drug-likeness (QED) is 0.0676. The number of hydrogen-bond acceptors (Lipinski definition) is 6. The SMILES string of the molecule is Cc1ccc([Te]C(=Nc2c(C)cccc2C)[C@@H]2O[C@H](COCc3ccccc3)[C@@H](OCc3ccccc3)[C@H](OCc3ccccc3)[C@H]2OCc2ccccc2)cc1. The van der Waals surface area contributed by atoms with Crippen LogP contribution in [0.5, 0.6) is 0 Å². The van der Waals surface area contributed by atoms with Crippen LogP contribution in [0.15, 0.2) is 169 Å². The zero-order valence-corrected chi connectivity index (χ0v) is 35.2. The van der Waals surface area contributed by atoms with Crippen molar-refractivity contribution < 1.29 is 23.7 Å². The fourth-order valence-electron chi connectivity index (χ4n) is 6.95. The van der Waals surface area contributed by atoms with Gasteiger partial charge in [-0.3, -0.25) is 0 Å². The molecule has 7 heteroatoms. The van der Waals surface area contributed by atoms with Crippen LogP contribution in [-0.2, 0) is 50.1 Å². The fraction of sp³-hybridized carbons (Fsp3) is 0.260. The number of aryl methyl sites for hydroxylation is 3. The molecular formula is C50H51NO5Te. The van der Waals surface area contributed by atoms with Crippen LogP contribution in [0.2, 0.25) is 0 Å². The van der Waals surface area contributed by atoms with Crippen molar-refractivity contribution in [3.63, 3.8) is 0 Å². The Balaban J connectivity index is 1.33. The van der Waals surface area contributed by atoms with Crippen LogP contribution in [0, 0.1) is 20.8 Å². The van der Waals surface area contributed by atoms with Gasteiger partial charge in [-0.05, 0) is 0 Å². The van der Waals surface area contributed by atoms with Crippen molar-refractivity contribution in [3.05, 3.63) is 203 Å². The van der Waals surface area contributed by atoms with Gasteiger partial charge in [0, 0.05) is 0 Å². The molecule has 6 aromatic rings. The molecule has 6 aromatic carbocycles. The number of hydrogen-bond donors (Lipinski definition) is 0. The van der Waals surface area contributed by atoms with Crippen molar-refractivity contribution in [1.82, 2.24) is 0 Å². The van der Waals surface area contributed by atoms with Crippen LogP contribution in [0.3, 0.4) is 0 Å². The second-order valence-electron chi connectivity index (χ2n) is 14.5. The predicted molar refractivity (Wildman–Crippen MR) is 229 cm³/mol. The molecule has 0 radical (unpaired) electrons. The van der Waals surface area contributed by atoms with E-state index in [2.05, 4.69) is 112 Å². The molecule has 0 N–H and O–H groups in total. The molecule has 0 saturated carbocycles. The molecule has 1 heterocycles. The molecule has 0 spiro atoms. The molecule has 292 valence electrons. The number of rotatable bonds is 17. The summed E-state index contributed by atoms with van der Waals surface area (Å²) in [7, 11) is 0. The third kappa shape index (κ3) is 11.6. The maximum absolute atomic E-state index is 7.37. The van der Waals surface area contributed by atoms with Gasteiger partial charge in [0.15, 0.2) is 0 Å². The van der Waals surface area contributed by atoms with Gasteiger partial charge in [-0.2, -0.15) is 0 Å². The van der Waals surface area contributed by atoms with Gasteiger partial charge in [-0.1, -0.05) is 0 Å². The number of benzene rings is 6. The zero-order valence-electron chi connectivity index (χ0n) is 32.9. The fourth-order valence-corrected chi connectivity index (χ4v) is 9.68. The van der Waals surface area contributed by atoms with Gasteiger partial charge in [0.2, 0.25) is 0 Å². The third-order valence-electron chi connectivity index (χ3n) is 10.0. The monoisotopic (exact) mass is 875 g/mol. The van der Waals surface area contributed by atoms with E-state index in [9.17, 15) is 0 Å². The Bertz CT molecular complexity index is 2110. The number of nitrogens with zero attached hydrogens (tertiary/aromatic N) is 1. The number of aliphatic imine (C=N–C) groups is 1. The van der Waals surface area contributed by atoms with Crippen LogP contribution in [0.1, 0.15) is 38.9 Å². The molecule has 57 heavy (non-hydrogen) atoms. The number of para-hydroxylation sites is 1. The van der Waals surface area contributed by atoms with Crippen molar-refractivity contribution in [3.8, 4) is 0 Å². The summed E-state index contributed by atoms with van der Waals surface area (Å²) in [6, 6.07) is 56.3. The Morgan fingerprint density at radius 2 is 0.965 bits per heavy atom. The second-order valence-corrected chi connectivity index (χ2v) is 17.6. The van der Waals surface area contributed by atoms with E-state index in [1.807, 2.05) is 72.8 Å². The molecule has 0 amide bonds. The van der Waals surface area contributed by atoms with Crippen LogP contribution < -0.4 is 3.61 Å². The molecule has 1 aliphatic heterocycles. The third-order valence-corrected chi connectivity index (χ3v) is 13.0. The Labute approximate surface area is 347 Å². The molecule has 0 aliphatic carbocycles.